The molecule has 98 valence electrons. The van der Waals surface area contributed by atoms with Gasteiger partial charge in [-0.3, -0.25) is 14.5 Å². The maximum atomic E-state index is 12.1. The zero-order valence-corrected chi connectivity index (χ0v) is 10.6. The molecule has 1 aliphatic rings. The van der Waals surface area contributed by atoms with Crippen molar-refractivity contribution in [2.24, 2.45) is 7.05 Å². The predicted octanol–water partition coefficient (Wildman–Crippen LogP) is -0.330. The van der Waals surface area contributed by atoms with Crippen LogP contribution >= 0.6 is 0 Å². The number of nitrogens with zero attached hydrogens (tertiary/aromatic N) is 3. The fraction of sp³-hybridized carbons (Fsp3) is 0.545. The van der Waals surface area contributed by atoms with Crippen LogP contribution in [0.4, 0.5) is 5.82 Å². The molecule has 2 heterocycles. The number of anilines is 1. The molecule has 0 saturated carbocycles. The van der Waals surface area contributed by atoms with Gasteiger partial charge >= 0.3 is 0 Å². The van der Waals surface area contributed by atoms with Gasteiger partial charge in [0.05, 0.1) is 7.11 Å². The topological polar surface area (TPSA) is 76.5 Å². The van der Waals surface area contributed by atoms with E-state index in [1.165, 1.54) is 4.90 Å². The summed E-state index contributed by atoms with van der Waals surface area (Å²) in [5.74, 6) is 0.777. The molecule has 7 nitrogen and oxygen atoms in total. The van der Waals surface area contributed by atoms with Gasteiger partial charge in [0.25, 0.3) is 0 Å². The normalized spacial score (nSPS) is 20.6. The maximum absolute atomic E-state index is 12.1. The number of methoxy groups -OCH3 is 1. The largest absolute Gasteiger partial charge is 0.481 e. The smallest absolute Gasteiger partial charge is 0.250 e. The first-order valence-electron chi connectivity index (χ1n) is 5.71. The Bertz CT molecular complexity index is 483. The highest BCUT2D eigenvalue weighted by molar-refractivity contribution is 6.00. The van der Waals surface area contributed by atoms with Crippen LogP contribution in [0.1, 0.15) is 13.3 Å². The molecule has 1 N–H and O–H groups in total. The molecule has 1 fully saturated rings. The minimum atomic E-state index is -0.534. The number of ether oxygens (including phenoxy) is 1. The molecule has 1 atom stereocenters. The molecule has 1 aliphatic heterocycles. The second-order valence-corrected chi connectivity index (χ2v) is 4.20. The van der Waals surface area contributed by atoms with Gasteiger partial charge in [-0.05, 0) is 6.92 Å². The monoisotopic (exact) mass is 252 g/mol. The number of carbonyl (C=O) groups is 2. The van der Waals surface area contributed by atoms with Crippen LogP contribution in [0.5, 0.6) is 5.88 Å². The van der Waals surface area contributed by atoms with E-state index in [9.17, 15) is 9.59 Å². The summed E-state index contributed by atoms with van der Waals surface area (Å²) in [5, 5.41) is 6.85. The summed E-state index contributed by atoms with van der Waals surface area (Å²) in [4.78, 5) is 25.0. The van der Waals surface area contributed by atoms with Crippen LogP contribution in [-0.4, -0.2) is 41.3 Å². The van der Waals surface area contributed by atoms with E-state index < -0.39 is 6.04 Å². The number of aryl methyl sites for hydroxylation is 1. The molecule has 2 amide bonds. The fourth-order valence-electron chi connectivity index (χ4n) is 1.92. The number of amides is 2. The molecule has 7 heteroatoms. The third-order valence-corrected chi connectivity index (χ3v) is 2.89. The second kappa shape index (κ2) is 4.67. The van der Waals surface area contributed by atoms with Crippen molar-refractivity contribution in [3.05, 3.63) is 6.07 Å². The molecule has 0 radical (unpaired) electrons. The van der Waals surface area contributed by atoms with E-state index in [4.69, 9.17) is 4.74 Å². The molecule has 0 aliphatic carbocycles. The van der Waals surface area contributed by atoms with Crippen LogP contribution in [-0.2, 0) is 16.6 Å². The first-order valence-corrected chi connectivity index (χ1v) is 5.71. The van der Waals surface area contributed by atoms with Crippen LogP contribution in [0.25, 0.3) is 0 Å². The van der Waals surface area contributed by atoms with E-state index in [-0.39, 0.29) is 18.2 Å². The third-order valence-electron chi connectivity index (χ3n) is 2.89. The Morgan fingerprint density at radius 1 is 1.50 bits per heavy atom. The number of nitrogens with one attached hydrogen (secondary N) is 1. The van der Waals surface area contributed by atoms with Crippen molar-refractivity contribution >= 4 is 17.6 Å². The molecule has 1 aromatic heterocycles. The summed E-state index contributed by atoms with van der Waals surface area (Å²) in [7, 11) is 3.27. The first-order chi connectivity index (χ1) is 8.52. The summed E-state index contributed by atoms with van der Waals surface area (Å²) < 4.78 is 6.66. The summed E-state index contributed by atoms with van der Waals surface area (Å²) in [6, 6.07) is 1.15. The molecule has 1 saturated heterocycles. The Balaban J connectivity index is 2.29. The van der Waals surface area contributed by atoms with Crippen molar-refractivity contribution in [3.8, 4) is 5.88 Å². The van der Waals surface area contributed by atoms with Crippen LogP contribution in [0.3, 0.4) is 0 Å². The Kier molecular flexibility index (Phi) is 3.22. The van der Waals surface area contributed by atoms with Gasteiger partial charge in [0, 0.05) is 26.1 Å². The minimum Gasteiger partial charge on any atom is -0.481 e. The molecule has 18 heavy (non-hydrogen) atoms. The third kappa shape index (κ3) is 2.15. The van der Waals surface area contributed by atoms with Crippen LogP contribution < -0.4 is 15.0 Å². The van der Waals surface area contributed by atoms with Crippen LogP contribution in [0.15, 0.2) is 6.07 Å². The highest BCUT2D eigenvalue weighted by Crippen LogP contribution is 2.21. The number of hydrogen-bond donors (Lipinski definition) is 1. The summed E-state index contributed by atoms with van der Waals surface area (Å²) in [6.07, 6.45) is 0.273. The van der Waals surface area contributed by atoms with Gasteiger partial charge in [-0.25, -0.2) is 4.68 Å². The second-order valence-electron chi connectivity index (χ2n) is 4.20. The molecule has 1 aromatic rings. The summed E-state index contributed by atoms with van der Waals surface area (Å²) in [6.45, 7) is 1.99. The highest BCUT2D eigenvalue weighted by Gasteiger charge is 2.29. The highest BCUT2D eigenvalue weighted by atomic mass is 16.5. The van der Waals surface area contributed by atoms with Gasteiger partial charge in [-0.15, -0.1) is 0 Å². The number of rotatable bonds is 2. The van der Waals surface area contributed by atoms with Gasteiger partial charge in [-0.2, -0.15) is 5.10 Å². The molecule has 0 spiro atoms. The van der Waals surface area contributed by atoms with Crippen LogP contribution in [0, 0.1) is 0 Å². The zero-order valence-electron chi connectivity index (χ0n) is 10.6. The molecular formula is C11H16N4O3. The van der Waals surface area contributed by atoms with E-state index in [1.54, 1.807) is 31.8 Å². The van der Waals surface area contributed by atoms with E-state index in [0.29, 0.717) is 18.2 Å². The average molecular weight is 252 g/mol. The standard InChI is InChI=1S/C11H16N4O3/c1-7-11(17)15(5-4-9(16)12-7)8-6-10(18-3)14(2)13-8/h6-7H,4-5H2,1-3H3,(H,12,16). The van der Waals surface area contributed by atoms with E-state index in [0.717, 1.165) is 0 Å². The van der Waals surface area contributed by atoms with Crippen molar-refractivity contribution in [3.63, 3.8) is 0 Å². The average Bonchev–Trinajstić information content (AvgIpc) is 2.64. The van der Waals surface area contributed by atoms with Crippen molar-refractivity contribution < 1.29 is 14.3 Å². The number of carbonyl (C=O) groups excluding carboxylic acids is 2. The fourth-order valence-corrected chi connectivity index (χ4v) is 1.92. The van der Waals surface area contributed by atoms with E-state index in [1.807, 2.05) is 0 Å². The minimum absolute atomic E-state index is 0.124. The lowest BCUT2D eigenvalue weighted by Crippen LogP contribution is -2.42. The van der Waals surface area contributed by atoms with Crippen molar-refractivity contribution in [1.82, 2.24) is 15.1 Å². The summed E-state index contributed by atoms with van der Waals surface area (Å²) in [5.41, 5.74) is 0. The molecular weight excluding hydrogens is 236 g/mol. The zero-order chi connectivity index (χ0) is 13.3. The Morgan fingerprint density at radius 2 is 2.22 bits per heavy atom. The SMILES string of the molecule is COc1cc(N2CCC(=O)NC(C)C2=O)nn1C. The quantitative estimate of drug-likeness (QED) is 0.782. The lowest BCUT2D eigenvalue weighted by molar-refractivity contribution is -0.125. The lowest BCUT2D eigenvalue weighted by atomic mass is 10.3. The van der Waals surface area contributed by atoms with Crippen LogP contribution in [0.2, 0.25) is 0 Å². The van der Waals surface area contributed by atoms with Gasteiger partial charge in [0.1, 0.15) is 6.04 Å². The molecule has 1 unspecified atom stereocenters. The number of hydrogen-bond acceptors (Lipinski definition) is 4. The lowest BCUT2D eigenvalue weighted by Gasteiger charge is -2.19. The first kappa shape index (κ1) is 12.4. The van der Waals surface area contributed by atoms with Crippen molar-refractivity contribution in [2.45, 2.75) is 19.4 Å². The Morgan fingerprint density at radius 3 is 2.83 bits per heavy atom. The Labute approximate surface area is 105 Å². The number of aromatic nitrogens is 2. The van der Waals surface area contributed by atoms with Gasteiger partial charge in [0.15, 0.2) is 5.82 Å². The van der Waals surface area contributed by atoms with Gasteiger partial charge in [0.2, 0.25) is 17.7 Å². The van der Waals surface area contributed by atoms with Crippen molar-refractivity contribution in [1.29, 1.82) is 0 Å². The Hall–Kier alpha value is -2.05. The molecule has 0 aromatic carbocycles. The maximum Gasteiger partial charge on any atom is 0.250 e. The van der Waals surface area contributed by atoms with E-state index >= 15 is 0 Å². The van der Waals surface area contributed by atoms with Gasteiger partial charge in [-0.1, -0.05) is 0 Å². The molecule has 0 bridgehead atoms. The summed E-state index contributed by atoms with van der Waals surface area (Å²) >= 11 is 0. The van der Waals surface area contributed by atoms with Gasteiger partial charge < -0.3 is 10.1 Å². The predicted molar refractivity (Wildman–Crippen MR) is 64.3 cm³/mol. The van der Waals surface area contributed by atoms with E-state index in [2.05, 4.69) is 10.4 Å². The van der Waals surface area contributed by atoms with Crippen molar-refractivity contribution in [2.75, 3.05) is 18.6 Å². The molecule has 2 rings (SSSR count).